The summed E-state index contributed by atoms with van der Waals surface area (Å²) in [6.45, 7) is 14.5. The van der Waals surface area contributed by atoms with Crippen LogP contribution < -0.4 is 11.6 Å². The van der Waals surface area contributed by atoms with Crippen LogP contribution >= 0.6 is 0 Å². The van der Waals surface area contributed by atoms with Crippen LogP contribution in [0.5, 0.6) is 0 Å². The number of nitrogens with zero attached hydrogens (tertiary/aromatic N) is 11. The second kappa shape index (κ2) is 39.3. The fraction of sp³-hybridized carbons (Fsp3) is 0.214. The molecular formula is C98H94N12O15. The van der Waals surface area contributed by atoms with Crippen LogP contribution in [0.1, 0.15) is 173 Å². The number of benzene rings is 10. The molecule has 16 rings (SSSR count). The third kappa shape index (κ3) is 20.0. The molecule has 16 aromatic rings. The maximum atomic E-state index is 13.8. The van der Waals surface area contributed by atoms with E-state index < -0.39 is 51.9 Å². The van der Waals surface area contributed by atoms with E-state index in [1.165, 1.54) is 0 Å². The number of carboxylic acid groups (broad SMARTS) is 1. The number of hydrogen-bond donors (Lipinski definition) is 5. The first kappa shape index (κ1) is 87.9. The van der Waals surface area contributed by atoms with E-state index in [0.717, 1.165) is 97.7 Å². The molecule has 0 aliphatic carbocycles. The number of rotatable bonds is 27. The van der Waals surface area contributed by atoms with Gasteiger partial charge >= 0.3 is 23.6 Å². The molecular weight excluding hydrogens is 1590 g/mol. The van der Waals surface area contributed by atoms with E-state index in [4.69, 9.17) is 52.3 Å². The van der Waals surface area contributed by atoms with Crippen molar-refractivity contribution in [3.8, 4) is 45.0 Å². The van der Waals surface area contributed by atoms with E-state index in [9.17, 15) is 34.5 Å². The summed E-state index contributed by atoms with van der Waals surface area (Å²) in [6, 6.07) is 92.1. The second-order valence-electron chi connectivity index (χ2n) is 30.5. The minimum atomic E-state index is -1.46. The molecule has 27 nitrogen and oxygen atoms in total. The van der Waals surface area contributed by atoms with Crippen molar-refractivity contribution >= 4 is 17.9 Å². The Morgan fingerprint density at radius 3 is 1.10 bits per heavy atom. The highest BCUT2D eigenvalue weighted by Gasteiger charge is 2.43. The summed E-state index contributed by atoms with van der Waals surface area (Å²) in [5.74, 6) is -0.971. The molecule has 6 heterocycles. The zero-order chi connectivity index (χ0) is 88.4. The van der Waals surface area contributed by atoms with Crippen LogP contribution in [0.15, 0.2) is 306 Å². The number of carboxylic acids is 1. The lowest BCUT2D eigenvalue weighted by Crippen LogP contribution is -2.39. The molecule has 125 heavy (non-hydrogen) atoms. The van der Waals surface area contributed by atoms with Crippen molar-refractivity contribution in [3.63, 3.8) is 0 Å². The number of carbonyl (C=O) groups excluding carboxylic acids is 2. The number of aromatic amines is 1. The molecule has 0 spiro atoms. The van der Waals surface area contributed by atoms with Crippen molar-refractivity contribution in [1.82, 2.24) is 59.9 Å². The highest BCUT2D eigenvalue weighted by Crippen LogP contribution is 2.45. The van der Waals surface area contributed by atoms with Gasteiger partial charge in [0.15, 0.2) is 53.5 Å². The van der Waals surface area contributed by atoms with Crippen molar-refractivity contribution in [2.45, 2.75) is 137 Å². The van der Waals surface area contributed by atoms with Crippen LogP contribution in [0.3, 0.4) is 0 Å². The summed E-state index contributed by atoms with van der Waals surface area (Å²) in [6.07, 6.45) is 2.68. The molecule has 0 saturated heterocycles. The van der Waals surface area contributed by atoms with Gasteiger partial charge in [0, 0.05) is 44.0 Å². The van der Waals surface area contributed by atoms with E-state index in [1.54, 1.807) is 50.7 Å². The van der Waals surface area contributed by atoms with Gasteiger partial charge in [-0.25, -0.2) is 33.8 Å². The number of aliphatic carboxylic acids is 1. The highest BCUT2D eigenvalue weighted by atomic mass is 16.6. The number of aromatic nitrogens is 12. The number of H-pyrrole nitrogens is 1. The Morgan fingerprint density at radius 1 is 0.440 bits per heavy atom. The quantitative estimate of drug-likeness (QED) is 0.0236. The Hall–Kier alpha value is -14.9. The second-order valence-corrected chi connectivity index (χ2v) is 30.5. The van der Waals surface area contributed by atoms with Gasteiger partial charge in [-0.3, -0.25) is 4.79 Å². The van der Waals surface area contributed by atoms with Gasteiger partial charge in [0.25, 0.3) is 5.97 Å². The first-order chi connectivity index (χ1) is 60.3. The van der Waals surface area contributed by atoms with Crippen LogP contribution in [0.25, 0.3) is 45.0 Å². The Bertz CT molecular complexity index is 6190. The smallest absolute Gasteiger partial charge is 0.481 e. The van der Waals surface area contributed by atoms with E-state index >= 15 is 0 Å². The van der Waals surface area contributed by atoms with Crippen molar-refractivity contribution in [1.29, 1.82) is 0 Å². The largest absolute Gasteiger partial charge is 0.519 e. The van der Waals surface area contributed by atoms with E-state index in [2.05, 4.69) is 73.3 Å². The fourth-order valence-corrected chi connectivity index (χ4v) is 15.0. The third-order valence-corrected chi connectivity index (χ3v) is 20.8. The lowest BCUT2D eigenvalue weighted by atomic mass is 9.77. The highest BCUT2D eigenvalue weighted by molar-refractivity contribution is 5.90. The monoisotopic (exact) mass is 1680 g/mol. The van der Waals surface area contributed by atoms with Crippen molar-refractivity contribution < 1.29 is 62.0 Å². The molecule has 0 radical (unpaired) electrons. The molecule has 0 atom stereocenters. The minimum absolute atomic E-state index is 0.105. The number of imidazole rings is 2. The van der Waals surface area contributed by atoms with Crippen LogP contribution in [-0.4, -0.2) is 98.3 Å². The van der Waals surface area contributed by atoms with Gasteiger partial charge in [-0.1, -0.05) is 293 Å². The summed E-state index contributed by atoms with van der Waals surface area (Å²) in [5, 5.41) is 69.1. The zero-order valence-corrected chi connectivity index (χ0v) is 70.4. The predicted octanol–water partition coefficient (Wildman–Crippen LogP) is 16.7. The normalized spacial score (nSPS) is 11.5. The lowest BCUT2D eigenvalue weighted by Gasteiger charge is -2.36. The molecule has 6 aromatic heterocycles. The molecule has 0 unspecified atom stereocenters. The first-order valence-corrected chi connectivity index (χ1v) is 40.6. The van der Waals surface area contributed by atoms with Crippen molar-refractivity contribution in [2.24, 2.45) is 0 Å². The Labute approximate surface area is 720 Å². The predicted molar refractivity (Wildman–Crippen MR) is 466 cm³/mol. The van der Waals surface area contributed by atoms with Crippen LogP contribution in [0.2, 0.25) is 0 Å². The molecule has 5 N–H and O–H groups in total. The van der Waals surface area contributed by atoms with Gasteiger partial charge in [0.2, 0.25) is 5.82 Å². The number of aliphatic hydroxyl groups is 3. The van der Waals surface area contributed by atoms with E-state index in [-0.39, 0.29) is 65.6 Å². The molecule has 0 aliphatic heterocycles. The van der Waals surface area contributed by atoms with Crippen molar-refractivity contribution in [2.75, 3.05) is 0 Å². The van der Waals surface area contributed by atoms with E-state index in [0.29, 0.717) is 42.7 Å². The third-order valence-electron chi connectivity index (χ3n) is 20.8. The number of tetrazole rings is 2. The average Bonchev–Trinajstić information content (AvgIpc) is 1.72. The van der Waals surface area contributed by atoms with E-state index in [1.807, 2.05) is 255 Å². The zero-order valence-electron chi connectivity index (χ0n) is 70.4. The number of carbonyl (C=O) groups is 3. The number of ether oxygens (including phenoxy) is 2. The Morgan fingerprint density at radius 2 is 0.776 bits per heavy atom. The van der Waals surface area contributed by atoms with Gasteiger partial charge in [-0.2, -0.15) is 5.21 Å². The Kier molecular flexibility index (Phi) is 27.6. The van der Waals surface area contributed by atoms with Gasteiger partial charge in [-0.15, -0.1) is 15.3 Å². The summed E-state index contributed by atoms with van der Waals surface area (Å²) in [4.78, 5) is 68.7. The maximum Gasteiger partial charge on any atom is 0.519 e. The molecule has 0 aliphatic rings. The number of hydrogen-bond acceptors (Lipinski definition) is 22. The maximum absolute atomic E-state index is 13.8. The summed E-state index contributed by atoms with van der Waals surface area (Å²) in [7, 11) is 0. The Balaban J connectivity index is 0.000000176. The topological polar surface area (TPSA) is 371 Å². The number of aryl methyl sites for hydroxylation is 4. The first-order valence-electron chi connectivity index (χ1n) is 40.6. The molecule has 0 amide bonds. The molecule has 27 heteroatoms. The van der Waals surface area contributed by atoms with Gasteiger partial charge in [0.1, 0.15) is 45.4 Å². The summed E-state index contributed by atoms with van der Waals surface area (Å²) in [5.41, 5.74) is 8.61. The summed E-state index contributed by atoms with van der Waals surface area (Å²) >= 11 is 0. The molecule has 636 valence electrons. The molecule has 10 aromatic carbocycles. The molecule has 0 bridgehead atoms. The van der Waals surface area contributed by atoms with Crippen LogP contribution in [-0.2, 0) is 75.8 Å². The number of nitrogens with one attached hydrogen (secondary N) is 1. The van der Waals surface area contributed by atoms with Gasteiger partial charge < -0.3 is 56.7 Å². The van der Waals surface area contributed by atoms with Gasteiger partial charge in [0.05, 0.1) is 0 Å². The standard InChI is InChI=1S/C48H44N6O6.C29H30N6O6.C19H16O.C2H4O2/c1-5-17-41-49-43(47(3,4)57)42(45(55)58-31-40-32(2)59-46(56)60-40)53(41)30-33-26-28-34(29-27-33)38-24-15-16-25-39(38)44-50-51-52-54(44)48(35-18-9-6-10-19-35,36-20-11-7-12-21-36)37-22-13-8-14-23-37;1-5-8-23-30-25(29(3,4)38)24(27(36)39-16-22-17(2)40-28(37)41-22)35(23)15-18-11-13-19(14-12-18)20-9-6-7-10-21(20)26-31-33-34-32-26;20-19(16-10-4-1-5-11-16,17-12-6-2-7-13-17)18-14-8-3-9-15-18;1-2(3)4/h6-16,18-29,57H,5,17,30-31H2,1-4H3;6-7,9-14,38H,5,8,15-16H2,1-4H3,(H,31,32,33,34);1-15,20H;1H3,(H,3,4). The lowest BCUT2D eigenvalue weighted by molar-refractivity contribution is -0.134. The molecule has 0 fully saturated rings. The minimum Gasteiger partial charge on any atom is -0.481 e. The average molecular weight is 1680 g/mol. The van der Waals surface area contributed by atoms with Gasteiger partial charge in [-0.05, 0) is 137 Å². The summed E-state index contributed by atoms with van der Waals surface area (Å²) < 4.78 is 36.5. The SMILES string of the molecule is CC(=O)O.CCCc1nc(C(C)(C)O)c(C(=O)OCc2oc(=O)oc2C)n1Cc1ccc(-c2ccccc2-c2nn[nH]n2)cc1.CCCc1nc(C(C)(C)O)c(C(=O)OCc2oc(=O)oc2C)n1Cc1ccc(-c2ccccc2-c2nnnn2C(c2ccccc2)(c2ccccc2)c2ccccc2)cc1.OC(c1ccccc1)(c1ccccc1)c1ccccc1. The molecule has 0 saturated carbocycles. The van der Waals surface area contributed by atoms with Crippen LogP contribution in [0.4, 0.5) is 0 Å². The number of esters is 2. The van der Waals surface area contributed by atoms with Crippen LogP contribution in [0, 0.1) is 13.8 Å². The van der Waals surface area contributed by atoms with Crippen molar-refractivity contribution in [3.05, 3.63) is 402 Å². The fourth-order valence-electron chi connectivity index (χ4n) is 15.0.